The molecule has 0 radical (unpaired) electrons. The highest BCUT2D eigenvalue weighted by molar-refractivity contribution is 7.89. The molecule has 1 aliphatic rings. The lowest BCUT2D eigenvalue weighted by molar-refractivity contribution is 0.0792. The quantitative estimate of drug-likeness (QED) is 0.738. The van der Waals surface area contributed by atoms with Gasteiger partial charge in [0.05, 0.1) is 17.6 Å². The number of primary sulfonamides is 1. The standard InChI is InChI=1S/C20H23N3O5S/c1-28-18-8-7-16(29(21,26)27)12-17(18)19(24)22-13-14-5-4-6-15(11-14)20(25)23-9-2-3-10-23/h4-8,11-12H,2-3,9-10,13H2,1H3,(H,22,24)(H2,21,26,27). The van der Waals surface area contributed by atoms with Crippen molar-refractivity contribution >= 4 is 21.8 Å². The van der Waals surface area contributed by atoms with Crippen LogP contribution in [-0.2, 0) is 16.6 Å². The number of sulfonamides is 1. The number of nitrogens with two attached hydrogens (primary N) is 1. The smallest absolute Gasteiger partial charge is 0.255 e. The number of carbonyl (C=O) groups excluding carboxylic acids is 2. The van der Waals surface area contributed by atoms with Gasteiger partial charge in [-0.3, -0.25) is 9.59 Å². The molecular formula is C20H23N3O5S. The summed E-state index contributed by atoms with van der Waals surface area (Å²) in [5.41, 5.74) is 1.39. The zero-order valence-corrected chi connectivity index (χ0v) is 16.9. The van der Waals surface area contributed by atoms with Crippen LogP contribution in [-0.4, -0.2) is 45.3 Å². The van der Waals surface area contributed by atoms with Crippen LogP contribution in [0.1, 0.15) is 39.1 Å². The predicted octanol–water partition coefficient (Wildman–Crippen LogP) is 1.51. The molecule has 1 fully saturated rings. The fourth-order valence-electron chi connectivity index (χ4n) is 3.24. The summed E-state index contributed by atoms with van der Waals surface area (Å²) in [6, 6.07) is 10.9. The molecule has 0 saturated carbocycles. The molecule has 0 unspecified atom stereocenters. The fourth-order valence-corrected chi connectivity index (χ4v) is 3.78. The second-order valence-electron chi connectivity index (χ2n) is 6.79. The minimum absolute atomic E-state index is 0.0156. The van der Waals surface area contributed by atoms with Gasteiger partial charge in [0.1, 0.15) is 5.75 Å². The zero-order valence-electron chi connectivity index (χ0n) is 16.1. The van der Waals surface area contributed by atoms with Gasteiger partial charge in [-0.05, 0) is 48.7 Å². The Bertz CT molecular complexity index is 1030. The summed E-state index contributed by atoms with van der Waals surface area (Å²) >= 11 is 0. The molecule has 2 aromatic rings. The minimum Gasteiger partial charge on any atom is -0.496 e. The normalized spacial score (nSPS) is 13.9. The molecule has 1 saturated heterocycles. The number of nitrogens with zero attached hydrogens (tertiary/aromatic N) is 1. The summed E-state index contributed by atoms with van der Waals surface area (Å²) < 4.78 is 28.3. The average Bonchev–Trinajstić information content (AvgIpc) is 3.25. The molecule has 3 rings (SSSR count). The van der Waals surface area contributed by atoms with Crippen LogP contribution in [0, 0.1) is 0 Å². The Morgan fingerprint density at radius 2 is 1.86 bits per heavy atom. The lowest BCUT2D eigenvalue weighted by Crippen LogP contribution is -2.28. The molecular weight excluding hydrogens is 394 g/mol. The molecule has 9 heteroatoms. The van der Waals surface area contributed by atoms with Crippen molar-refractivity contribution in [1.29, 1.82) is 0 Å². The Balaban J connectivity index is 1.74. The lowest BCUT2D eigenvalue weighted by atomic mass is 10.1. The van der Waals surface area contributed by atoms with Crippen LogP contribution < -0.4 is 15.2 Å². The first-order valence-corrected chi connectivity index (χ1v) is 10.7. The number of amides is 2. The Morgan fingerprint density at radius 3 is 2.52 bits per heavy atom. The summed E-state index contributed by atoms with van der Waals surface area (Å²) in [5, 5.41) is 7.87. The van der Waals surface area contributed by atoms with Crippen molar-refractivity contribution in [3.63, 3.8) is 0 Å². The van der Waals surface area contributed by atoms with E-state index in [0.717, 1.165) is 31.5 Å². The number of nitrogens with one attached hydrogen (secondary N) is 1. The van der Waals surface area contributed by atoms with Crippen LogP contribution in [0.3, 0.4) is 0 Å². The van der Waals surface area contributed by atoms with Crippen molar-refractivity contribution in [2.24, 2.45) is 5.14 Å². The summed E-state index contributed by atoms with van der Waals surface area (Å²) in [7, 11) is -2.57. The van der Waals surface area contributed by atoms with Crippen molar-refractivity contribution in [2.45, 2.75) is 24.3 Å². The summed E-state index contributed by atoms with van der Waals surface area (Å²) in [5.74, 6) is -0.297. The molecule has 154 valence electrons. The summed E-state index contributed by atoms with van der Waals surface area (Å²) in [6.07, 6.45) is 2.03. The van der Waals surface area contributed by atoms with Crippen LogP contribution in [0.25, 0.3) is 0 Å². The van der Waals surface area contributed by atoms with Crippen LogP contribution in [0.5, 0.6) is 5.75 Å². The molecule has 0 aromatic heterocycles. The lowest BCUT2D eigenvalue weighted by Gasteiger charge is -2.16. The first-order valence-electron chi connectivity index (χ1n) is 9.17. The van der Waals surface area contributed by atoms with Gasteiger partial charge in [-0.15, -0.1) is 0 Å². The van der Waals surface area contributed by atoms with Crippen LogP contribution >= 0.6 is 0 Å². The predicted molar refractivity (Wildman–Crippen MR) is 107 cm³/mol. The number of likely N-dealkylation sites (tertiary alicyclic amines) is 1. The number of carbonyl (C=O) groups is 2. The molecule has 3 N–H and O–H groups in total. The van der Waals surface area contributed by atoms with Crippen molar-refractivity contribution in [1.82, 2.24) is 10.2 Å². The highest BCUT2D eigenvalue weighted by Gasteiger charge is 2.20. The van der Waals surface area contributed by atoms with E-state index in [9.17, 15) is 18.0 Å². The van der Waals surface area contributed by atoms with Gasteiger partial charge < -0.3 is 15.0 Å². The molecule has 8 nitrogen and oxygen atoms in total. The number of benzene rings is 2. The minimum atomic E-state index is -3.95. The van der Waals surface area contributed by atoms with Crippen molar-refractivity contribution in [3.05, 3.63) is 59.2 Å². The van der Waals surface area contributed by atoms with Crippen LogP contribution in [0.2, 0.25) is 0 Å². The number of methoxy groups -OCH3 is 1. The van der Waals surface area contributed by atoms with E-state index >= 15 is 0 Å². The van der Waals surface area contributed by atoms with Crippen molar-refractivity contribution in [3.8, 4) is 5.75 Å². The van der Waals surface area contributed by atoms with Gasteiger partial charge in [-0.1, -0.05) is 12.1 Å². The van der Waals surface area contributed by atoms with Gasteiger partial charge in [0.15, 0.2) is 0 Å². The van der Waals surface area contributed by atoms with Gasteiger partial charge >= 0.3 is 0 Å². The van der Waals surface area contributed by atoms with Gasteiger partial charge in [0, 0.05) is 25.2 Å². The molecule has 0 spiro atoms. The molecule has 29 heavy (non-hydrogen) atoms. The second-order valence-corrected chi connectivity index (χ2v) is 8.35. The molecule has 0 aliphatic carbocycles. The van der Waals surface area contributed by atoms with Crippen LogP contribution in [0.15, 0.2) is 47.4 Å². The third-order valence-corrected chi connectivity index (χ3v) is 5.68. The van der Waals surface area contributed by atoms with Gasteiger partial charge in [0.2, 0.25) is 10.0 Å². The highest BCUT2D eigenvalue weighted by atomic mass is 32.2. The number of hydrogen-bond acceptors (Lipinski definition) is 5. The van der Waals surface area contributed by atoms with E-state index in [0.29, 0.717) is 5.56 Å². The zero-order chi connectivity index (χ0) is 21.0. The largest absolute Gasteiger partial charge is 0.496 e. The Morgan fingerprint density at radius 1 is 1.14 bits per heavy atom. The van der Waals surface area contributed by atoms with E-state index in [4.69, 9.17) is 9.88 Å². The molecule has 0 bridgehead atoms. The molecule has 1 heterocycles. The third-order valence-electron chi connectivity index (χ3n) is 4.76. The van der Waals surface area contributed by atoms with Gasteiger partial charge in [-0.2, -0.15) is 0 Å². The number of rotatable bonds is 6. The van der Waals surface area contributed by atoms with E-state index in [1.165, 1.54) is 25.3 Å². The SMILES string of the molecule is COc1ccc(S(N)(=O)=O)cc1C(=O)NCc1cccc(C(=O)N2CCCC2)c1. The first-order chi connectivity index (χ1) is 13.8. The number of hydrogen-bond donors (Lipinski definition) is 2. The number of ether oxygens (including phenoxy) is 1. The maximum atomic E-state index is 12.6. The van der Waals surface area contributed by atoms with Gasteiger partial charge in [0.25, 0.3) is 11.8 Å². The Kier molecular flexibility index (Phi) is 6.19. The van der Waals surface area contributed by atoms with Crippen molar-refractivity contribution in [2.75, 3.05) is 20.2 Å². The maximum absolute atomic E-state index is 12.6. The van der Waals surface area contributed by atoms with E-state index in [-0.39, 0.29) is 28.7 Å². The highest BCUT2D eigenvalue weighted by Crippen LogP contribution is 2.22. The second kappa shape index (κ2) is 8.62. The average molecular weight is 417 g/mol. The van der Waals surface area contributed by atoms with Crippen molar-refractivity contribution < 1.29 is 22.7 Å². The third kappa shape index (κ3) is 4.93. The summed E-state index contributed by atoms with van der Waals surface area (Å²) in [4.78, 5) is 26.8. The molecule has 0 atom stereocenters. The Hall–Kier alpha value is -2.91. The first kappa shape index (κ1) is 20.8. The topological polar surface area (TPSA) is 119 Å². The molecule has 2 aromatic carbocycles. The molecule has 2 amide bonds. The van der Waals surface area contributed by atoms with E-state index < -0.39 is 15.9 Å². The van der Waals surface area contributed by atoms with E-state index in [1.807, 2.05) is 4.90 Å². The van der Waals surface area contributed by atoms with E-state index in [1.54, 1.807) is 24.3 Å². The maximum Gasteiger partial charge on any atom is 0.255 e. The molecule has 1 aliphatic heterocycles. The summed E-state index contributed by atoms with van der Waals surface area (Å²) in [6.45, 7) is 1.70. The van der Waals surface area contributed by atoms with Crippen LogP contribution in [0.4, 0.5) is 0 Å². The Labute approximate surface area is 169 Å². The monoisotopic (exact) mass is 417 g/mol. The van der Waals surface area contributed by atoms with E-state index in [2.05, 4.69) is 5.32 Å². The van der Waals surface area contributed by atoms with Gasteiger partial charge in [-0.25, -0.2) is 13.6 Å². The fraction of sp³-hybridized carbons (Fsp3) is 0.300.